The van der Waals surface area contributed by atoms with E-state index in [0.717, 1.165) is 16.9 Å². The van der Waals surface area contributed by atoms with E-state index in [0.29, 0.717) is 18.0 Å². The number of imidazole rings is 1. The van der Waals surface area contributed by atoms with Crippen LogP contribution in [0.15, 0.2) is 48.8 Å². The fraction of sp³-hybridized carbons (Fsp3) is 0.333. The van der Waals surface area contributed by atoms with E-state index in [9.17, 15) is 9.18 Å². The van der Waals surface area contributed by atoms with Crippen molar-refractivity contribution in [3.63, 3.8) is 0 Å². The zero-order valence-electron chi connectivity index (χ0n) is 15.4. The Kier molecular flexibility index (Phi) is 5.35. The molecule has 3 aromatic rings. The molecule has 1 unspecified atom stereocenters. The summed E-state index contributed by atoms with van der Waals surface area (Å²) in [7, 11) is 0. The van der Waals surface area contributed by atoms with Gasteiger partial charge in [0.05, 0.1) is 5.69 Å². The van der Waals surface area contributed by atoms with Gasteiger partial charge >= 0.3 is 0 Å². The average Bonchev–Trinajstić information content (AvgIpc) is 3.01. The van der Waals surface area contributed by atoms with Crippen LogP contribution in [0.1, 0.15) is 43.0 Å². The number of rotatable bonds is 6. The molecule has 0 aliphatic heterocycles. The number of benzene rings is 1. The summed E-state index contributed by atoms with van der Waals surface area (Å²) in [6.07, 6.45) is 3.84. The minimum atomic E-state index is -0.402. The first kappa shape index (κ1) is 18.1. The highest BCUT2D eigenvalue weighted by atomic mass is 19.1. The van der Waals surface area contributed by atoms with Gasteiger partial charge < -0.3 is 9.72 Å². The van der Waals surface area contributed by atoms with E-state index in [1.165, 1.54) is 6.07 Å². The van der Waals surface area contributed by atoms with Gasteiger partial charge in [0.2, 0.25) is 5.91 Å². The predicted molar refractivity (Wildman–Crippen MR) is 101 cm³/mol. The van der Waals surface area contributed by atoms with Crippen molar-refractivity contribution in [3.05, 3.63) is 71.4 Å². The van der Waals surface area contributed by atoms with Crippen LogP contribution in [-0.2, 0) is 4.79 Å². The standard InChI is InChI=1S/C21H24FN3O/c1-14(2)12-24-21(26)11-17(16-6-4-5-7-18(16)22)19-13-23-20-10-15(3)8-9-25(19)20/h4-10,13-14,17H,11-12H2,1-3H3,(H,24,26). The molecule has 136 valence electrons. The van der Waals surface area contributed by atoms with Crippen LogP contribution in [-0.4, -0.2) is 21.8 Å². The van der Waals surface area contributed by atoms with Gasteiger partial charge in [0.25, 0.3) is 0 Å². The van der Waals surface area contributed by atoms with Crippen molar-refractivity contribution in [1.82, 2.24) is 14.7 Å². The minimum absolute atomic E-state index is 0.0889. The quantitative estimate of drug-likeness (QED) is 0.726. The smallest absolute Gasteiger partial charge is 0.221 e. The molecule has 1 aromatic carbocycles. The maximum atomic E-state index is 14.5. The van der Waals surface area contributed by atoms with Crippen LogP contribution >= 0.6 is 0 Å². The Bertz CT molecular complexity index is 917. The molecule has 2 heterocycles. The van der Waals surface area contributed by atoms with E-state index >= 15 is 0 Å². The highest BCUT2D eigenvalue weighted by molar-refractivity contribution is 5.77. The fourth-order valence-electron chi connectivity index (χ4n) is 3.07. The predicted octanol–water partition coefficient (Wildman–Crippen LogP) is 4.08. The summed E-state index contributed by atoms with van der Waals surface area (Å²) in [5, 5.41) is 2.93. The molecular formula is C21H24FN3O. The van der Waals surface area contributed by atoms with Gasteiger partial charge in [0.1, 0.15) is 11.5 Å². The number of carbonyl (C=O) groups is 1. The first-order valence-corrected chi connectivity index (χ1v) is 8.90. The first-order valence-electron chi connectivity index (χ1n) is 8.90. The SMILES string of the molecule is Cc1ccn2c(C(CC(=O)NCC(C)C)c3ccccc3F)cnc2c1. The number of aryl methyl sites for hydroxylation is 1. The topological polar surface area (TPSA) is 46.4 Å². The largest absolute Gasteiger partial charge is 0.356 e. The normalized spacial score (nSPS) is 12.5. The molecule has 0 bridgehead atoms. The molecule has 0 aliphatic carbocycles. The third-order valence-corrected chi connectivity index (χ3v) is 4.43. The van der Waals surface area contributed by atoms with E-state index in [4.69, 9.17) is 0 Å². The van der Waals surface area contributed by atoms with Crippen LogP contribution in [0.2, 0.25) is 0 Å². The molecule has 0 aliphatic rings. The molecule has 1 amide bonds. The van der Waals surface area contributed by atoms with E-state index in [2.05, 4.69) is 10.3 Å². The van der Waals surface area contributed by atoms with Gasteiger partial charge in [0, 0.05) is 31.3 Å². The molecule has 0 saturated carbocycles. The lowest BCUT2D eigenvalue weighted by molar-refractivity contribution is -0.121. The van der Waals surface area contributed by atoms with Gasteiger partial charge in [-0.15, -0.1) is 0 Å². The van der Waals surface area contributed by atoms with Crippen LogP contribution in [0, 0.1) is 18.7 Å². The molecule has 4 nitrogen and oxygen atoms in total. The number of amides is 1. The summed E-state index contributed by atoms with van der Waals surface area (Å²) in [6, 6.07) is 10.6. The number of halogens is 1. The number of hydrogen-bond acceptors (Lipinski definition) is 2. The second-order valence-corrected chi connectivity index (χ2v) is 7.09. The van der Waals surface area contributed by atoms with Crippen LogP contribution in [0.25, 0.3) is 5.65 Å². The maximum absolute atomic E-state index is 14.5. The Hall–Kier alpha value is -2.69. The second-order valence-electron chi connectivity index (χ2n) is 7.09. The van der Waals surface area contributed by atoms with E-state index in [1.807, 2.05) is 43.5 Å². The molecule has 0 radical (unpaired) electrons. The van der Waals surface area contributed by atoms with Crippen molar-refractivity contribution in [2.24, 2.45) is 5.92 Å². The lowest BCUT2D eigenvalue weighted by Gasteiger charge is -2.18. The third kappa shape index (κ3) is 3.93. The Morgan fingerprint density at radius 2 is 2.04 bits per heavy atom. The number of aromatic nitrogens is 2. The fourth-order valence-corrected chi connectivity index (χ4v) is 3.07. The van der Waals surface area contributed by atoms with Gasteiger partial charge in [-0.25, -0.2) is 9.37 Å². The minimum Gasteiger partial charge on any atom is -0.356 e. The van der Waals surface area contributed by atoms with E-state index in [-0.39, 0.29) is 18.1 Å². The Labute approximate surface area is 153 Å². The lowest BCUT2D eigenvalue weighted by atomic mass is 9.91. The molecule has 0 spiro atoms. The average molecular weight is 353 g/mol. The summed E-state index contributed by atoms with van der Waals surface area (Å²) in [5.41, 5.74) is 3.22. The summed E-state index contributed by atoms with van der Waals surface area (Å²) >= 11 is 0. The van der Waals surface area contributed by atoms with Gasteiger partial charge in [0.15, 0.2) is 0 Å². The Morgan fingerprint density at radius 3 is 2.77 bits per heavy atom. The lowest BCUT2D eigenvalue weighted by Crippen LogP contribution is -2.29. The molecular weight excluding hydrogens is 329 g/mol. The van der Waals surface area contributed by atoms with Crippen molar-refractivity contribution < 1.29 is 9.18 Å². The van der Waals surface area contributed by atoms with Gasteiger partial charge in [-0.3, -0.25) is 4.79 Å². The van der Waals surface area contributed by atoms with Crippen LogP contribution in [0.3, 0.4) is 0 Å². The number of fused-ring (bicyclic) bond motifs is 1. The van der Waals surface area contributed by atoms with Crippen molar-refractivity contribution in [2.45, 2.75) is 33.1 Å². The van der Waals surface area contributed by atoms with Gasteiger partial charge in [-0.2, -0.15) is 0 Å². The van der Waals surface area contributed by atoms with Crippen LogP contribution in [0.4, 0.5) is 4.39 Å². The monoisotopic (exact) mass is 353 g/mol. The van der Waals surface area contributed by atoms with Gasteiger partial charge in [-0.05, 0) is 42.2 Å². The summed E-state index contributed by atoms with van der Waals surface area (Å²) in [5.74, 6) is -0.434. The number of nitrogens with zero attached hydrogens (tertiary/aromatic N) is 2. The Balaban J connectivity index is 2.00. The molecule has 5 heteroatoms. The number of carbonyl (C=O) groups excluding carboxylic acids is 1. The molecule has 1 atom stereocenters. The highest BCUT2D eigenvalue weighted by Gasteiger charge is 2.24. The number of hydrogen-bond donors (Lipinski definition) is 1. The number of nitrogens with one attached hydrogen (secondary N) is 1. The Morgan fingerprint density at radius 1 is 1.27 bits per heavy atom. The van der Waals surface area contributed by atoms with Crippen molar-refractivity contribution in [1.29, 1.82) is 0 Å². The zero-order valence-corrected chi connectivity index (χ0v) is 15.4. The van der Waals surface area contributed by atoms with Crippen molar-refractivity contribution in [2.75, 3.05) is 6.54 Å². The highest BCUT2D eigenvalue weighted by Crippen LogP contribution is 2.30. The molecule has 0 saturated heterocycles. The van der Waals surface area contributed by atoms with Crippen molar-refractivity contribution >= 4 is 11.6 Å². The third-order valence-electron chi connectivity index (χ3n) is 4.43. The molecule has 0 fully saturated rings. The van der Waals surface area contributed by atoms with E-state index in [1.54, 1.807) is 24.4 Å². The zero-order chi connectivity index (χ0) is 18.7. The van der Waals surface area contributed by atoms with Gasteiger partial charge in [-0.1, -0.05) is 32.0 Å². The van der Waals surface area contributed by atoms with Crippen molar-refractivity contribution in [3.8, 4) is 0 Å². The molecule has 1 N–H and O–H groups in total. The summed E-state index contributed by atoms with van der Waals surface area (Å²) in [6.45, 7) is 6.69. The maximum Gasteiger partial charge on any atom is 0.221 e. The van der Waals surface area contributed by atoms with Crippen LogP contribution in [0.5, 0.6) is 0 Å². The number of pyridine rings is 1. The van der Waals surface area contributed by atoms with E-state index < -0.39 is 5.92 Å². The second kappa shape index (κ2) is 7.68. The molecule has 2 aromatic heterocycles. The molecule has 3 rings (SSSR count). The molecule has 26 heavy (non-hydrogen) atoms. The first-order chi connectivity index (χ1) is 12.5. The van der Waals surface area contributed by atoms with Crippen LogP contribution < -0.4 is 5.32 Å². The summed E-state index contributed by atoms with van der Waals surface area (Å²) in [4.78, 5) is 16.9. The summed E-state index contributed by atoms with van der Waals surface area (Å²) < 4.78 is 16.4.